The van der Waals surface area contributed by atoms with Crippen molar-refractivity contribution in [1.82, 2.24) is 10.2 Å². The van der Waals surface area contributed by atoms with E-state index in [4.69, 9.17) is 32.7 Å². The minimum atomic E-state index is -4.42. The van der Waals surface area contributed by atoms with Gasteiger partial charge in [-0.25, -0.2) is 12.8 Å². The Kier molecular flexibility index (Phi) is 12.1. The lowest BCUT2D eigenvalue weighted by Gasteiger charge is -2.33. The molecule has 0 aliphatic rings. The fraction of sp³-hybridized carbons (Fsp3) is 0.333. The van der Waals surface area contributed by atoms with E-state index in [1.54, 1.807) is 19.1 Å². The second kappa shape index (κ2) is 15.3. The van der Waals surface area contributed by atoms with Crippen LogP contribution in [-0.2, 0) is 26.2 Å². The molecule has 1 N–H and O–H groups in total. The van der Waals surface area contributed by atoms with Crippen molar-refractivity contribution < 1.29 is 31.9 Å². The molecular weight excluding hydrogens is 620 g/mol. The number of hydrogen-bond donors (Lipinski definition) is 1. The topological polar surface area (TPSA) is 105 Å². The zero-order chi connectivity index (χ0) is 31.7. The largest absolute Gasteiger partial charge is 0.493 e. The monoisotopic (exact) mass is 653 g/mol. The van der Waals surface area contributed by atoms with Crippen molar-refractivity contribution in [2.24, 2.45) is 0 Å². The lowest BCUT2D eigenvalue weighted by molar-refractivity contribution is -0.140. The van der Waals surface area contributed by atoms with Gasteiger partial charge in [-0.3, -0.25) is 13.9 Å². The van der Waals surface area contributed by atoms with Crippen molar-refractivity contribution in [3.63, 3.8) is 0 Å². The summed E-state index contributed by atoms with van der Waals surface area (Å²) >= 11 is 12.5. The summed E-state index contributed by atoms with van der Waals surface area (Å²) in [5, 5.41) is 3.48. The molecule has 3 rings (SSSR count). The quantitative estimate of drug-likeness (QED) is 0.240. The highest BCUT2D eigenvalue weighted by Gasteiger charge is 2.34. The number of nitrogens with zero attached hydrogens (tertiary/aromatic N) is 2. The number of halogens is 3. The summed E-state index contributed by atoms with van der Waals surface area (Å²) in [5.41, 5.74) is 0.551. The zero-order valence-electron chi connectivity index (χ0n) is 24.3. The molecule has 0 bridgehead atoms. The number of anilines is 1. The van der Waals surface area contributed by atoms with Crippen LogP contribution in [0.2, 0.25) is 10.0 Å². The molecule has 0 spiro atoms. The number of benzene rings is 3. The summed E-state index contributed by atoms with van der Waals surface area (Å²) in [4.78, 5) is 28.4. The van der Waals surface area contributed by atoms with Gasteiger partial charge in [0.15, 0.2) is 11.5 Å². The van der Waals surface area contributed by atoms with E-state index in [9.17, 15) is 22.4 Å². The van der Waals surface area contributed by atoms with Crippen LogP contribution in [0.25, 0.3) is 0 Å². The molecule has 9 nitrogen and oxygen atoms in total. The van der Waals surface area contributed by atoms with Crippen LogP contribution in [0.1, 0.15) is 32.3 Å². The van der Waals surface area contributed by atoms with Gasteiger partial charge in [-0.1, -0.05) is 43.1 Å². The summed E-state index contributed by atoms with van der Waals surface area (Å²) in [6.45, 7) is 3.25. The first-order chi connectivity index (χ1) is 20.5. The number of carbonyl (C=O) groups is 2. The second-order valence-corrected chi connectivity index (χ2v) is 12.2. The third-order valence-corrected chi connectivity index (χ3v) is 8.98. The highest BCUT2D eigenvalue weighted by atomic mass is 35.5. The van der Waals surface area contributed by atoms with Crippen LogP contribution in [0, 0.1) is 5.82 Å². The third kappa shape index (κ3) is 8.31. The van der Waals surface area contributed by atoms with E-state index in [2.05, 4.69) is 5.32 Å². The van der Waals surface area contributed by atoms with E-state index >= 15 is 0 Å². The summed E-state index contributed by atoms with van der Waals surface area (Å²) in [6, 6.07) is 12.5. The van der Waals surface area contributed by atoms with Crippen LogP contribution in [0.15, 0.2) is 65.6 Å². The maximum absolute atomic E-state index is 14.1. The Morgan fingerprint density at radius 2 is 1.63 bits per heavy atom. The molecule has 0 saturated carbocycles. The number of carbonyl (C=O) groups excluding carboxylic acids is 2. The van der Waals surface area contributed by atoms with Crippen LogP contribution in [0.5, 0.6) is 11.5 Å². The SMILES string of the molecule is CCCNC(=O)C(CC)N(Cc1ccc(Cl)cc1Cl)C(=O)CN(c1ccc(F)cc1)S(=O)(=O)c1ccc(OC)c(OC)c1. The van der Waals surface area contributed by atoms with Gasteiger partial charge in [0.2, 0.25) is 11.8 Å². The van der Waals surface area contributed by atoms with Crippen LogP contribution in [0.4, 0.5) is 10.1 Å². The van der Waals surface area contributed by atoms with Gasteiger partial charge in [0.1, 0.15) is 18.4 Å². The summed E-state index contributed by atoms with van der Waals surface area (Å²) in [5.74, 6) is -1.19. The van der Waals surface area contributed by atoms with Crippen molar-refractivity contribution in [2.45, 2.75) is 44.2 Å². The molecular formula is C30H34Cl2FN3O6S. The highest BCUT2D eigenvalue weighted by Crippen LogP contribution is 2.33. The molecule has 1 unspecified atom stereocenters. The van der Waals surface area contributed by atoms with Crippen molar-refractivity contribution in [2.75, 3.05) is 31.6 Å². The lowest BCUT2D eigenvalue weighted by Crippen LogP contribution is -2.52. The van der Waals surface area contributed by atoms with Crippen molar-refractivity contribution in [3.8, 4) is 11.5 Å². The molecule has 0 heterocycles. The van der Waals surface area contributed by atoms with Gasteiger partial charge in [-0.05, 0) is 66.9 Å². The normalized spacial score (nSPS) is 11.9. The number of methoxy groups -OCH3 is 2. The molecule has 43 heavy (non-hydrogen) atoms. The van der Waals surface area contributed by atoms with E-state index in [1.165, 1.54) is 55.5 Å². The van der Waals surface area contributed by atoms with Crippen LogP contribution in [-0.4, -0.2) is 58.5 Å². The molecule has 3 aromatic carbocycles. The number of rotatable bonds is 14. The fourth-order valence-electron chi connectivity index (χ4n) is 4.36. The number of amides is 2. The number of sulfonamides is 1. The van der Waals surface area contributed by atoms with E-state index in [0.717, 1.165) is 16.4 Å². The van der Waals surface area contributed by atoms with E-state index in [-0.39, 0.29) is 40.2 Å². The van der Waals surface area contributed by atoms with Crippen LogP contribution >= 0.6 is 23.2 Å². The van der Waals surface area contributed by atoms with Crippen molar-refractivity contribution in [3.05, 3.63) is 82.1 Å². The molecule has 0 aliphatic heterocycles. The van der Waals surface area contributed by atoms with E-state index in [0.29, 0.717) is 29.3 Å². The van der Waals surface area contributed by atoms with Gasteiger partial charge in [-0.15, -0.1) is 0 Å². The first-order valence-electron chi connectivity index (χ1n) is 13.5. The second-order valence-electron chi connectivity index (χ2n) is 9.48. The minimum absolute atomic E-state index is 0.0393. The first kappa shape index (κ1) is 34.0. The van der Waals surface area contributed by atoms with Crippen LogP contribution in [0.3, 0.4) is 0 Å². The lowest BCUT2D eigenvalue weighted by atomic mass is 10.1. The van der Waals surface area contributed by atoms with Gasteiger partial charge < -0.3 is 19.7 Å². The number of ether oxygens (including phenoxy) is 2. The van der Waals surface area contributed by atoms with Gasteiger partial charge in [0.05, 0.1) is 24.8 Å². The third-order valence-electron chi connectivity index (χ3n) is 6.63. The summed E-state index contributed by atoms with van der Waals surface area (Å²) in [6.07, 6.45) is 0.923. The molecule has 1 atom stereocenters. The Morgan fingerprint density at radius 3 is 2.21 bits per heavy atom. The Morgan fingerprint density at radius 1 is 0.953 bits per heavy atom. The van der Waals surface area contributed by atoms with E-state index in [1.807, 2.05) is 6.92 Å². The summed E-state index contributed by atoms with van der Waals surface area (Å²) < 4.78 is 53.3. The zero-order valence-corrected chi connectivity index (χ0v) is 26.6. The number of nitrogens with one attached hydrogen (secondary N) is 1. The summed E-state index contributed by atoms with van der Waals surface area (Å²) in [7, 11) is -1.64. The van der Waals surface area contributed by atoms with E-state index < -0.39 is 34.3 Å². The average Bonchev–Trinajstić information content (AvgIpc) is 2.99. The molecule has 2 amide bonds. The molecule has 232 valence electrons. The molecule has 0 radical (unpaired) electrons. The predicted molar refractivity (Wildman–Crippen MR) is 165 cm³/mol. The average molecular weight is 655 g/mol. The fourth-order valence-corrected chi connectivity index (χ4v) is 6.26. The smallest absolute Gasteiger partial charge is 0.264 e. The van der Waals surface area contributed by atoms with Crippen molar-refractivity contribution >= 4 is 50.7 Å². The Bertz CT molecular complexity index is 1540. The molecule has 3 aromatic rings. The Hall–Kier alpha value is -3.54. The molecule has 13 heteroatoms. The first-order valence-corrected chi connectivity index (χ1v) is 15.7. The maximum atomic E-state index is 14.1. The maximum Gasteiger partial charge on any atom is 0.264 e. The van der Waals surface area contributed by atoms with Gasteiger partial charge >= 0.3 is 0 Å². The van der Waals surface area contributed by atoms with Crippen LogP contribution < -0.4 is 19.1 Å². The van der Waals surface area contributed by atoms with Gasteiger partial charge in [0.25, 0.3) is 10.0 Å². The van der Waals surface area contributed by atoms with Gasteiger partial charge in [0, 0.05) is 29.2 Å². The van der Waals surface area contributed by atoms with Gasteiger partial charge in [-0.2, -0.15) is 0 Å². The standard InChI is InChI=1S/C30H34Cl2FN3O6S/c1-5-15-34-30(38)26(6-2)35(18-20-7-8-21(31)16-25(20)32)29(37)19-36(23-11-9-22(33)10-12-23)43(39,40)24-13-14-27(41-3)28(17-24)42-4/h7-14,16-17,26H,5-6,15,18-19H2,1-4H3,(H,34,38). The molecule has 0 aliphatic carbocycles. The predicted octanol–water partition coefficient (Wildman–Crippen LogP) is 5.68. The highest BCUT2D eigenvalue weighted by molar-refractivity contribution is 7.92. The van der Waals surface area contributed by atoms with Crippen molar-refractivity contribution in [1.29, 1.82) is 0 Å². The molecule has 0 fully saturated rings. The minimum Gasteiger partial charge on any atom is -0.493 e. The molecule has 0 saturated heterocycles. The molecule has 0 aromatic heterocycles. The Balaban J connectivity index is 2.11. The Labute approximate surface area is 261 Å². The number of hydrogen-bond acceptors (Lipinski definition) is 6.